The van der Waals surface area contributed by atoms with Crippen LogP contribution in [0, 0.1) is 0 Å². The molecule has 3 heterocycles. The van der Waals surface area contributed by atoms with Gasteiger partial charge in [-0.3, -0.25) is 9.78 Å². The molecule has 1 aromatic heterocycles. The van der Waals surface area contributed by atoms with E-state index in [0.717, 1.165) is 0 Å². The number of anilines is 1. The molecule has 2 unspecified atom stereocenters. The Hall–Kier alpha value is -3.13. The molecule has 0 saturated carbocycles. The number of pyridine rings is 1. The Balaban J connectivity index is 1.49. The Kier molecular flexibility index (Phi) is 5.90. The molecule has 1 aromatic carbocycles. The summed E-state index contributed by atoms with van der Waals surface area (Å²) in [4.78, 5) is 33.5. The second-order valence-electron chi connectivity index (χ2n) is 7.07. The fraction of sp³-hybridized carbons (Fsp3) is 0.381. The van der Waals surface area contributed by atoms with Crippen LogP contribution >= 0.6 is 0 Å². The summed E-state index contributed by atoms with van der Waals surface area (Å²) < 4.78 is 11.3. The molecule has 0 bridgehead atoms. The van der Waals surface area contributed by atoms with Gasteiger partial charge in [0.25, 0.3) is 0 Å². The van der Waals surface area contributed by atoms with E-state index < -0.39 is 6.04 Å². The van der Waals surface area contributed by atoms with Crippen LogP contribution in [-0.2, 0) is 9.53 Å². The van der Waals surface area contributed by atoms with Crippen LogP contribution < -0.4 is 10.1 Å². The predicted octanol–water partition coefficient (Wildman–Crippen LogP) is 1.99. The number of rotatable bonds is 4. The van der Waals surface area contributed by atoms with Gasteiger partial charge in [-0.1, -0.05) is 18.2 Å². The van der Waals surface area contributed by atoms with Crippen molar-refractivity contribution < 1.29 is 19.1 Å². The minimum Gasteiger partial charge on any atom is -0.487 e. The molecule has 2 fully saturated rings. The molecule has 4 rings (SSSR count). The fourth-order valence-corrected chi connectivity index (χ4v) is 3.66. The molecule has 2 aromatic rings. The van der Waals surface area contributed by atoms with Gasteiger partial charge in [0.1, 0.15) is 17.9 Å². The summed E-state index contributed by atoms with van der Waals surface area (Å²) in [7, 11) is 0. The maximum absolute atomic E-state index is 13.1. The molecular formula is C21H24N4O4. The summed E-state index contributed by atoms with van der Waals surface area (Å²) in [6, 6.07) is 12.0. The van der Waals surface area contributed by atoms with E-state index in [1.54, 1.807) is 28.3 Å². The quantitative estimate of drug-likeness (QED) is 0.855. The van der Waals surface area contributed by atoms with Gasteiger partial charge >= 0.3 is 6.03 Å². The Labute approximate surface area is 169 Å². The molecule has 2 aliphatic rings. The highest BCUT2D eigenvalue weighted by Crippen LogP contribution is 2.25. The summed E-state index contributed by atoms with van der Waals surface area (Å²) >= 11 is 0. The maximum Gasteiger partial charge on any atom is 0.322 e. The number of carbonyl (C=O) groups is 2. The van der Waals surface area contributed by atoms with Crippen molar-refractivity contribution in [2.75, 3.05) is 38.2 Å². The zero-order valence-corrected chi connectivity index (χ0v) is 16.1. The molecule has 152 valence electrons. The first-order valence-electron chi connectivity index (χ1n) is 9.76. The summed E-state index contributed by atoms with van der Waals surface area (Å²) in [5, 5.41) is 2.88. The van der Waals surface area contributed by atoms with Crippen molar-refractivity contribution in [2.45, 2.75) is 18.6 Å². The summed E-state index contributed by atoms with van der Waals surface area (Å²) in [5.41, 5.74) is 0.687. The van der Waals surface area contributed by atoms with Crippen LogP contribution in [0.4, 0.5) is 10.5 Å². The first-order chi connectivity index (χ1) is 14.2. The zero-order valence-electron chi connectivity index (χ0n) is 16.1. The number of nitrogens with one attached hydrogen (secondary N) is 1. The average molecular weight is 396 g/mol. The van der Waals surface area contributed by atoms with E-state index in [0.29, 0.717) is 50.7 Å². The van der Waals surface area contributed by atoms with Gasteiger partial charge in [0.05, 0.1) is 26.0 Å². The Bertz CT molecular complexity index is 827. The topological polar surface area (TPSA) is 84.0 Å². The monoisotopic (exact) mass is 396 g/mol. The van der Waals surface area contributed by atoms with E-state index in [-0.39, 0.29) is 18.0 Å². The van der Waals surface area contributed by atoms with E-state index in [1.807, 2.05) is 36.4 Å². The maximum atomic E-state index is 13.1. The van der Waals surface area contributed by atoms with E-state index in [9.17, 15) is 9.59 Å². The Morgan fingerprint density at radius 2 is 1.90 bits per heavy atom. The smallest absolute Gasteiger partial charge is 0.322 e. The van der Waals surface area contributed by atoms with Crippen molar-refractivity contribution >= 4 is 17.6 Å². The number of amides is 3. The third-order valence-electron chi connectivity index (χ3n) is 5.09. The van der Waals surface area contributed by atoms with Crippen LogP contribution in [0.25, 0.3) is 0 Å². The van der Waals surface area contributed by atoms with Crippen molar-refractivity contribution in [3.8, 4) is 5.75 Å². The van der Waals surface area contributed by atoms with Crippen LogP contribution in [0.1, 0.15) is 6.42 Å². The van der Waals surface area contributed by atoms with E-state index >= 15 is 0 Å². The lowest BCUT2D eigenvalue weighted by molar-refractivity contribution is -0.139. The highest BCUT2D eigenvalue weighted by molar-refractivity contribution is 5.94. The number of aromatic nitrogens is 1. The van der Waals surface area contributed by atoms with Gasteiger partial charge in [0.2, 0.25) is 5.91 Å². The zero-order chi connectivity index (χ0) is 20.1. The van der Waals surface area contributed by atoms with Gasteiger partial charge in [-0.05, 0) is 24.3 Å². The first-order valence-corrected chi connectivity index (χ1v) is 9.76. The molecule has 2 aliphatic heterocycles. The minimum absolute atomic E-state index is 0.0613. The molecule has 2 atom stereocenters. The first kappa shape index (κ1) is 19.2. The Morgan fingerprint density at radius 3 is 2.62 bits per heavy atom. The molecule has 8 heteroatoms. The summed E-state index contributed by atoms with van der Waals surface area (Å²) in [5.74, 6) is 0.564. The number of morpholine rings is 1. The molecule has 0 radical (unpaired) electrons. The summed E-state index contributed by atoms with van der Waals surface area (Å²) in [6.45, 7) is 2.44. The highest BCUT2D eigenvalue weighted by atomic mass is 16.5. The molecule has 8 nitrogen and oxygen atoms in total. The number of ether oxygens (including phenoxy) is 2. The standard InChI is InChI=1S/C21H24N4O4/c26-20(24-9-11-28-12-10-24)19-13-18(29-17-7-4-8-22-14-17)15-25(19)21(27)23-16-5-2-1-3-6-16/h1-8,14,18-19H,9-13,15H2,(H,23,27). The van der Waals surface area contributed by atoms with Crippen molar-refractivity contribution in [3.05, 3.63) is 54.9 Å². The second kappa shape index (κ2) is 8.91. The molecule has 2 saturated heterocycles. The highest BCUT2D eigenvalue weighted by Gasteiger charge is 2.42. The number of nitrogens with zero attached hydrogens (tertiary/aromatic N) is 3. The Morgan fingerprint density at radius 1 is 1.10 bits per heavy atom. The van der Waals surface area contributed by atoms with Gasteiger partial charge in [-0.2, -0.15) is 0 Å². The number of hydrogen-bond acceptors (Lipinski definition) is 5. The van der Waals surface area contributed by atoms with Crippen LogP contribution in [0.5, 0.6) is 5.75 Å². The number of likely N-dealkylation sites (tertiary alicyclic amines) is 1. The number of para-hydroxylation sites is 1. The molecule has 0 aliphatic carbocycles. The lowest BCUT2D eigenvalue weighted by Gasteiger charge is -2.32. The molecule has 29 heavy (non-hydrogen) atoms. The molecular weight excluding hydrogens is 372 g/mol. The second-order valence-corrected chi connectivity index (χ2v) is 7.07. The number of hydrogen-bond donors (Lipinski definition) is 1. The van der Waals surface area contributed by atoms with Gasteiger partial charge < -0.3 is 24.6 Å². The van der Waals surface area contributed by atoms with E-state index in [4.69, 9.17) is 9.47 Å². The normalized spacial score (nSPS) is 21.7. The SMILES string of the molecule is O=C(C1CC(Oc2cccnc2)CN1C(=O)Nc1ccccc1)N1CCOCC1. The number of carbonyl (C=O) groups excluding carboxylic acids is 2. The van der Waals surface area contributed by atoms with Crippen molar-refractivity contribution in [1.29, 1.82) is 0 Å². The predicted molar refractivity (Wildman–Crippen MR) is 107 cm³/mol. The average Bonchev–Trinajstić information content (AvgIpc) is 3.19. The molecule has 0 spiro atoms. The van der Waals surface area contributed by atoms with Gasteiger partial charge in [-0.15, -0.1) is 0 Å². The lowest BCUT2D eigenvalue weighted by atomic mass is 10.1. The fourth-order valence-electron chi connectivity index (χ4n) is 3.66. The van der Waals surface area contributed by atoms with Crippen LogP contribution in [0.15, 0.2) is 54.9 Å². The largest absolute Gasteiger partial charge is 0.487 e. The van der Waals surface area contributed by atoms with Crippen molar-refractivity contribution in [2.24, 2.45) is 0 Å². The van der Waals surface area contributed by atoms with Crippen LogP contribution in [-0.4, -0.2) is 71.7 Å². The van der Waals surface area contributed by atoms with Gasteiger partial charge in [0.15, 0.2) is 0 Å². The minimum atomic E-state index is -0.571. The van der Waals surface area contributed by atoms with Gasteiger partial charge in [-0.25, -0.2) is 4.79 Å². The van der Waals surface area contributed by atoms with Crippen molar-refractivity contribution in [3.63, 3.8) is 0 Å². The molecule has 1 N–H and O–H groups in total. The summed E-state index contributed by atoms with van der Waals surface area (Å²) in [6.07, 6.45) is 3.46. The number of benzene rings is 1. The third kappa shape index (κ3) is 4.65. The molecule has 3 amide bonds. The van der Waals surface area contributed by atoms with E-state index in [1.165, 1.54) is 0 Å². The third-order valence-corrected chi connectivity index (χ3v) is 5.09. The van der Waals surface area contributed by atoms with Gasteiger partial charge in [0, 0.05) is 31.4 Å². The van der Waals surface area contributed by atoms with Crippen LogP contribution in [0.3, 0.4) is 0 Å². The lowest BCUT2D eigenvalue weighted by Crippen LogP contribution is -2.51. The van der Waals surface area contributed by atoms with Crippen molar-refractivity contribution in [1.82, 2.24) is 14.8 Å². The number of urea groups is 1. The van der Waals surface area contributed by atoms with E-state index in [2.05, 4.69) is 10.3 Å². The van der Waals surface area contributed by atoms with Crippen LogP contribution in [0.2, 0.25) is 0 Å².